The lowest BCUT2D eigenvalue weighted by Gasteiger charge is -2.43. The highest BCUT2D eigenvalue weighted by Gasteiger charge is 2.38. The predicted molar refractivity (Wildman–Crippen MR) is 99.2 cm³/mol. The zero-order valence-electron chi connectivity index (χ0n) is 14.9. The molecule has 2 aromatic carbocycles. The summed E-state index contributed by atoms with van der Waals surface area (Å²) in [5, 5.41) is 0. The van der Waals surface area contributed by atoms with E-state index in [9.17, 15) is 4.79 Å². The number of benzene rings is 2. The fourth-order valence-corrected chi connectivity index (χ4v) is 3.25. The standard InChI is InChI=1S/C21H26N2O2/c1-21(2)15-23(14-13-18(21)22)20(24)19(16-9-5-3-6-10-16)25-17-11-7-4-8-12-17/h3-12,18-19H,13-15,22H2,1-2H3. The van der Waals surface area contributed by atoms with Gasteiger partial charge in [-0.3, -0.25) is 4.79 Å². The van der Waals surface area contributed by atoms with E-state index >= 15 is 0 Å². The maximum Gasteiger partial charge on any atom is 0.268 e. The third-order valence-corrected chi connectivity index (χ3v) is 4.95. The van der Waals surface area contributed by atoms with Gasteiger partial charge in [0.2, 0.25) is 6.10 Å². The molecule has 2 aromatic rings. The average Bonchev–Trinajstić information content (AvgIpc) is 2.63. The SMILES string of the molecule is CC1(C)CN(C(=O)C(Oc2ccccc2)c2ccccc2)CCC1N. The molecule has 1 aliphatic rings. The molecule has 2 N–H and O–H groups in total. The van der Waals surface area contributed by atoms with Crippen molar-refractivity contribution < 1.29 is 9.53 Å². The molecule has 1 saturated heterocycles. The van der Waals surface area contributed by atoms with Crippen LogP contribution >= 0.6 is 0 Å². The number of carbonyl (C=O) groups excluding carboxylic acids is 1. The van der Waals surface area contributed by atoms with E-state index < -0.39 is 6.10 Å². The second kappa shape index (κ2) is 7.28. The molecule has 0 saturated carbocycles. The number of rotatable bonds is 4. The number of carbonyl (C=O) groups is 1. The van der Waals surface area contributed by atoms with E-state index in [0.29, 0.717) is 18.8 Å². The Balaban J connectivity index is 1.85. The number of nitrogens with two attached hydrogens (primary N) is 1. The van der Waals surface area contributed by atoms with E-state index in [0.717, 1.165) is 12.0 Å². The first kappa shape index (κ1) is 17.5. The minimum absolute atomic E-state index is 0.00460. The molecular formula is C21H26N2O2. The minimum Gasteiger partial charge on any atom is -0.476 e. The van der Waals surface area contributed by atoms with Crippen LogP contribution in [0, 0.1) is 5.41 Å². The largest absolute Gasteiger partial charge is 0.476 e. The van der Waals surface area contributed by atoms with Crippen LogP contribution in [0.3, 0.4) is 0 Å². The normalized spacial score (nSPS) is 20.8. The highest BCUT2D eigenvalue weighted by Crippen LogP contribution is 2.31. The van der Waals surface area contributed by atoms with Crippen molar-refractivity contribution in [3.8, 4) is 5.75 Å². The van der Waals surface area contributed by atoms with Crippen LogP contribution in [0.5, 0.6) is 5.75 Å². The van der Waals surface area contributed by atoms with Crippen LogP contribution in [-0.2, 0) is 4.79 Å². The predicted octanol–water partition coefficient (Wildman–Crippen LogP) is 3.39. The zero-order valence-corrected chi connectivity index (χ0v) is 14.9. The van der Waals surface area contributed by atoms with Gasteiger partial charge in [-0.05, 0) is 24.0 Å². The van der Waals surface area contributed by atoms with Crippen LogP contribution in [0.1, 0.15) is 31.9 Å². The zero-order chi connectivity index (χ0) is 17.9. The molecule has 132 valence electrons. The Labute approximate surface area is 149 Å². The third kappa shape index (κ3) is 4.02. The molecular weight excluding hydrogens is 312 g/mol. The lowest BCUT2D eigenvalue weighted by molar-refractivity contribution is -0.142. The van der Waals surface area contributed by atoms with Crippen LogP contribution in [0.25, 0.3) is 0 Å². The summed E-state index contributed by atoms with van der Waals surface area (Å²) >= 11 is 0. The van der Waals surface area contributed by atoms with Gasteiger partial charge in [0.05, 0.1) is 0 Å². The number of piperidine rings is 1. The van der Waals surface area contributed by atoms with Crippen LogP contribution in [0.4, 0.5) is 0 Å². The van der Waals surface area contributed by atoms with E-state index in [-0.39, 0.29) is 17.4 Å². The summed E-state index contributed by atoms with van der Waals surface area (Å²) < 4.78 is 6.09. The Morgan fingerprint density at radius 2 is 1.72 bits per heavy atom. The van der Waals surface area contributed by atoms with Gasteiger partial charge in [-0.25, -0.2) is 0 Å². The molecule has 0 aromatic heterocycles. The number of hydrogen-bond acceptors (Lipinski definition) is 3. The van der Waals surface area contributed by atoms with Gasteiger partial charge < -0.3 is 15.4 Å². The molecule has 0 aliphatic carbocycles. The Morgan fingerprint density at radius 3 is 2.32 bits per heavy atom. The highest BCUT2D eigenvalue weighted by molar-refractivity contribution is 5.83. The van der Waals surface area contributed by atoms with Crippen molar-refractivity contribution in [2.24, 2.45) is 11.1 Å². The Morgan fingerprint density at radius 1 is 1.12 bits per heavy atom. The van der Waals surface area contributed by atoms with E-state index in [2.05, 4.69) is 13.8 Å². The summed E-state index contributed by atoms with van der Waals surface area (Å²) in [4.78, 5) is 15.2. The first-order chi connectivity index (χ1) is 12.0. The molecule has 4 nitrogen and oxygen atoms in total. The highest BCUT2D eigenvalue weighted by atomic mass is 16.5. The molecule has 4 heteroatoms. The van der Waals surface area contributed by atoms with Crippen molar-refractivity contribution in [1.82, 2.24) is 4.90 Å². The van der Waals surface area contributed by atoms with Gasteiger partial charge in [0.15, 0.2) is 0 Å². The number of hydrogen-bond donors (Lipinski definition) is 1. The summed E-state index contributed by atoms with van der Waals surface area (Å²) in [6, 6.07) is 19.3. The first-order valence-corrected chi connectivity index (χ1v) is 8.78. The van der Waals surface area contributed by atoms with Gasteiger partial charge in [-0.1, -0.05) is 62.4 Å². The van der Waals surface area contributed by atoms with Crippen LogP contribution in [-0.4, -0.2) is 29.9 Å². The molecule has 1 heterocycles. The minimum atomic E-state index is -0.645. The maximum absolute atomic E-state index is 13.3. The molecule has 1 aliphatic heterocycles. The Kier molecular flexibility index (Phi) is 5.09. The smallest absolute Gasteiger partial charge is 0.268 e. The average molecular weight is 338 g/mol. The van der Waals surface area contributed by atoms with E-state index in [1.165, 1.54) is 0 Å². The van der Waals surface area contributed by atoms with Crippen LogP contribution in [0.15, 0.2) is 60.7 Å². The molecule has 1 fully saturated rings. The quantitative estimate of drug-likeness (QED) is 0.930. The number of nitrogens with zero attached hydrogens (tertiary/aromatic N) is 1. The van der Waals surface area contributed by atoms with Crippen LogP contribution < -0.4 is 10.5 Å². The molecule has 0 bridgehead atoms. The molecule has 1 amide bonds. The summed E-state index contributed by atoms with van der Waals surface area (Å²) in [6.07, 6.45) is 0.166. The van der Waals surface area contributed by atoms with Gasteiger partial charge in [0.25, 0.3) is 5.91 Å². The van der Waals surface area contributed by atoms with E-state index in [1.54, 1.807) is 0 Å². The number of amides is 1. The van der Waals surface area contributed by atoms with Crippen molar-refractivity contribution in [2.75, 3.05) is 13.1 Å². The van der Waals surface area contributed by atoms with Crippen molar-refractivity contribution in [2.45, 2.75) is 32.4 Å². The Hall–Kier alpha value is -2.33. The second-order valence-corrected chi connectivity index (χ2v) is 7.37. The van der Waals surface area contributed by atoms with Crippen molar-refractivity contribution >= 4 is 5.91 Å². The number of para-hydroxylation sites is 1. The summed E-state index contributed by atoms with van der Waals surface area (Å²) in [7, 11) is 0. The van der Waals surface area contributed by atoms with E-state index in [1.807, 2.05) is 65.6 Å². The first-order valence-electron chi connectivity index (χ1n) is 8.78. The molecule has 0 radical (unpaired) electrons. The fourth-order valence-electron chi connectivity index (χ4n) is 3.25. The van der Waals surface area contributed by atoms with Gasteiger partial charge in [0, 0.05) is 24.7 Å². The molecule has 0 spiro atoms. The van der Waals surface area contributed by atoms with E-state index in [4.69, 9.17) is 10.5 Å². The molecule has 3 rings (SSSR count). The van der Waals surface area contributed by atoms with Gasteiger partial charge in [-0.2, -0.15) is 0 Å². The summed E-state index contributed by atoms with van der Waals surface area (Å²) in [5.41, 5.74) is 6.99. The molecule has 25 heavy (non-hydrogen) atoms. The number of ether oxygens (including phenoxy) is 1. The van der Waals surface area contributed by atoms with Gasteiger partial charge >= 0.3 is 0 Å². The molecule has 2 unspecified atom stereocenters. The monoisotopic (exact) mass is 338 g/mol. The molecule has 2 atom stereocenters. The van der Waals surface area contributed by atoms with Crippen LogP contribution in [0.2, 0.25) is 0 Å². The van der Waals surface area contributed by atoms with Crippen molar-refractivity contribution in [3.05, 3.63) is 66.2 Å². The third-order valence-electron chi connectivity index (χ3n) is 4.95. The van der Waals surface area contributed by atoms with Gasteiger partial charge in [-0.15, -0.1) is 0 Å². The lowest BCUT2D eigenvalue weighted by atomic mass is 9.79. The summed E-state index contributed by atoms with van der Waals surface area (Å²) in [6.45, 7) is 5.55. The van der Waals surface area contributed by atoms with Crippen molar-refractivity contribution in [3.63, 3.8) is 0 Å². The number of likely N-dealkylation sites (tertiary alicyclic amines) is 1. The second-order valence-electron chi connectivity index (χ2n) is 7.37. The van der Waals surface area contributed by atoms with Gasteiger partial charge in [0.1, 0.15) is 5.75 Å². The Bertz CT molecular complexity index is 700. The topological polar surface area (TPSA) is 55.6 Å². The fraction of sp³-hybridized carbons (Fsp3) is 0.381. The maximum atomic E-state index is 13.3. The summed E-state index contributed by atoms with van der Waals surface area (Å²) in [5.74, 6) is 0.688. The van der Waals surface area contributed by atoms with Crippen molar-refractivity contribution in [1.29, 1.82) is 0 Å². The lowest BCUT2D eigenvalue weighted by Crippen LogP contribution is -2.55.